The number of urea groups is 1. The number of nitrogens with one attached hydrogen (secondary N) is 2. The summed E-state index contributed by atoms with van der Waals surface area (Å²) in [6, 6.07) is 4.64. The van der Waals surface area contributed by atoms with E-state index in [1.54, 1.807) is 12.1 Å². The summed E-state index contributed by atoms with van der Waals surface area (Å²) in [5, 5.41) is 5.59. The summed E-state index contributed by atoms with van der Waals surface area (Å²) < 4.78 is 19.4. The SMILES string of the molecule is CC(C)(CNC(=O)Nc1ccc(C2CC2)c(F)c1)N1CCOCC1. The Bertz CT molecular complexity index is 596. The molecule has 1 aromatic rings. The largest absolute Gasteiger partial charge is 0.379 e. The average Bonchev–Trinajstić information content (AvgIpc) is 3.39. The Kier molecular flexibility index (Phi) is 5.06. The molecular weight excluding hydrogens is 309 g/mol. The topological polar surface area (TPSA) is 53.6 Å². The minimum Gasteiger partial charge on any atom is -0.379 e. The summed E-state index contributed by atoms with van der Waals surface area (Å²) in [6.45, 7) is 7.89. The van der Waals surface area contributed by atoms with E-state index in [2.05, 4.69) is 29.4 Å². The zero-order valence-electron chi connectivity index (χ0n) is 14.4. The molecule has 6 heteroatoms. The van der Waals surface area contributed by atoms with Gasteiger partial charge in [0.1, 0.15) is 5.82 Å². The number of carbonyl (C=O) groups excluding carboxylic acids is 1. The summed E-state index contributed by atoms with van der Waals surface area (Å²) in [5.41, 5.74) is 1.09. The van der Waals surface area contributed by atoms with Crippen molar-refractivity contribution in [2.75, 3.05) is 38.2 Å². The minimum absolute atomic E-state index is 0.151. The molecule has 1 aliphatic heterocycles. The highest BCUT2D eigenvalue weighted by atomic mass is 19.1. The molecule has 2 N–H and O–H groups in total. The van der Waals surface area contributed by atoms with Crippen LogP contribution in [0.25, 0.3) is 0 Å². The Morgan fingerprint density at radius 1 is 1.33 bits per heavy atom. The summed E-state index contributed by atoms with van der Waals surface area (Å²) in [7, 11) is 0. The molecule has 1 heterocycles. The van der Waals surface area contributed by atoms with E-state index in [9.17, 15) is 9.18 Å². The lowest BCUT2D eigenvalue weighted by atomic mass is 10.0. The molecule has 0 unspecified atom stereocenters. The molecule has 0 bridgehead atoms. The Morgan fingerprint density at radius 3 is 2.67 bits per heavy atom. The van der Waals surface area contributed by atoms with Crippen LogP contribution in [0.4, 0.5) is 14.9 Å². The molecule has 1 aliphatic carbocycles. The minimum atomic E-state index is -0.310. The van der Waals surface area contributed by atoms with Crippen LogP contribution in [0, 0.1) is 5.82 Å². The van der Waals surface area contributed by atoms with E-state index >= 15 is 0 Å². The number of hydrogen-bond donors (Lipinski definition) is 2. The second-order valence-corrected chi connectivity index (χ2v) is 7.23. The van der Waals surface area contributed by atoms with Gasteiger partial charge in [-0.25, -0.2) is 9.18 Å². The number of benzene rings is 1. The number of ether oxygens (including phenoxy) is 1. The van der Waals surface area contributed by atoms with E-state index in [1.165, 1.54) is 6.07 Å². The van der Waals surface area contributed by atoms with Crippen LogP contribution < -0.4 is 10.6 Å². The monoisotopic (exact) mass is 335 g/mol. The van der Waals surface area contributed by atoms with Gasteiger partial charge < -0.3 is 15.4 Å². The zero-order valence-corrected chi connectivity index (χ0v) is 14.4. The van der Waals surface area contributed by atoms with Crippen LogP contribution in [-0.4, -0.2) is 49.3 Å². The first-order valence-electron chi connectivity index (χ1n) is 8.63. The quantitative estimate of drug-likeness (QED) is 0.870. The van der Waals surface area contributed by atoms with Gasteiger partial charge in [-0.15, -0.1) is 0 Å². The van der Waals surface area contributed by atoms with Crippen molar-refractivity contribution in [3.63, 3.8) is 0 Å². The maximum atomic E-state index is 14.0. The number of halogens is 1. The van der Waals surface area contributed by atoms with E-state index in [0.29, 0.717) is 18.2 Å². The van der Waals surface area contributed by atoms with Crippen LogP contribution in [0.1, 0.15) is 38.2 Å². The second-order valence-electron chi connectivity index (χ2n) is 7.23. The fourth-order valence-electron chi connectivity index (χ4n) is 3.08. The number of morpholine rings is 1. The van der Waals surface area contributed by atoms with Gasteiger partial charge in [-0.3, -0.25) is 4.90 Å². The van der Waals surface area contributed by atoms with Gasteiger partial charge in [-0.2, -0.15) is 0 Å². The van der Waals surface area contributed by atoms with Crippen molar-refractivity contribution in [3.05, 3.63) is 29.6 Å². The predicted molar refractivity (Wildman–Crippen MR) is 91.9 cm³/mol. The molecule has 0 aromatic heterocycles. The van der Waals surface area contributed by atoms with Crippen LogP contribution in [0.3, 0.4) is 0 Å². The standard InChI is InChI=1S/C18H26FN3O2/c1-18(2,22-7-9-24-10-8-22)12-20-17(23)21-14-5-6-15(13-3-4-13)16(19)11-14/h5-6,11,13H,3-4,7-10,12H2,1-2H3,(H2,20,21,23). The first-order valence-corrected chi connectivity index (χ1v) is 8.63. The highest BCUT2D eigenvalue weighted by Gasteiger charge is 2.29. The maximum absolute atomic E-state index is 14.0. The Hall–Kier alpha value is -1.66. The highest BCUT2D eigenvalue weighted by molar-refractivity contribution is 5.89. The van der Waals surface area contributed by atoms with Crippen molar-refractivity contribution in [2.24, 2.45) is 0 Å². The lowest BCUT2D eigenvalue weighted by Gasteiger charge is -2.40. The van der Waals surface area contributed by atoms with Gasteiger partial charge in [-0.1, -0.05) is 6.07 Å². The van der Waals surface area contributed by atoms with Crippen molar-refractivity contribution < 1.29 is 13.9 Å². The van der Waals surface area contributed by atoms with Gasteiger partial charge >= 0.3 is 6.03 Å². The van der Waals surface area contributed by atoms with Crippen molar-refractivity contribution >= 4 is 11.7 Å². The average molecular weight is 335 g/mol. The molecule has 0 spiro atoms. The van der Waals surface area contributed by atoms with Gasteiger partial charge in [0, 0.05) is 30.9 Å². The number of carbonyl (C=O) groups is 1. The molecule has 2 amide bonds. The molecular formula is C18H26FN3O2. The molecule has 1 saturated heterocycles. The molecule has 1 aromatic carbocycles. The Morgan fingerprint density at radius 2 is 2.04 bits per heavy atom. The summed E-state index contributed by atoms with van der Waals surface area (Å²) in [4.78, 5) is 14.4. The molecule has 3 rings (SSSR count). The summed E-state index contributed by atoms with van der Waals surface area (Å²) in [6.07, 6.45) is 2.11. The predicted octanol–water partition coefficient (Wildman–Crippen LogP) is 2.94. The van der Waals surface area contributed by atoms with Crippen molar-refractivity contribution in [1.82, 2.24) is 10.2 Å². The maximum Gasteiger partial charge on any atom is 0.319 e. The molecule has 24 heavy (non-hydrogen) atoms. The van der Waals surface area contributed by atoms with E-state index in [0.717, 1.165) is 44.7 Å². The number of nitrogens with zero attached hydrogens (tertiary/aromatic N) is 1. The highest BCUT2D eigenvalue weighted by Crippen LogP contribution is 2.41. The molecule has 132 valence electrons. The van der Waals surface area contributed by atoms with Gasteiger partial charge in [0.25, 0.3) is 0 Å². The molecule has 2 fully saturated rings. The van der Waals surface area contributed by atoms with Crippen LogP contribution in [0.5, 0.6) is 0 Å². The number of rotatable bonds is 5. The van der Waals surface area contributed by atoms with E-state index in [-0.39, 0.29) is 17.4 Å². The third-order valence-corrected chi connectivity index (χ3v) is 4.82. The zero-order chi connectivity index (χ0) is 17.2. The van der Waals surface area contributed by atoms with Crippen LogP contribution in [0.2, 0.25) is 0 Å². The number of amides is 2. The molecule has 1 saturated carbocycles. The van der Waals surface area contributed by atoms with Crippen molar-refractivity contribution in [3.8, 4) is 0 Å². The smallest absolute Gasteiger partial charge is 0.319 e. The molecule has 5 nitrogen and oxygen atoms in total. The Balaban J connectivity index is 1.50. The summed E-state index contributed by atoms with van der Waals surface area (Å²) in [5.74, 6) is 0.131. The normalized spacial score (nSPS) is 19.1. The van der Waals surface area contributed by atoms with E-state index < -0.39 is 0 Å². The van der Waals surface area contributed by atoms with Crippen LogP contribution >= 0.6 is 0 Å². The Labute approximate surface area is 142 Å². The number of anilines is 1. The van der Waals surface area contributed by atoms with E-state index in [4.69, 9.17) is 4.74 Å². The van der Waals surface area contributed by atoms with Gasteiger partial charge in [0.15, 0.2) is 0 Å². The van der Waals surface area contributed by atoms with Crippen LogP contribution in [-0.2, 0) is 4.74 Å². The third-order valence-electron chi connectivity index (χ3n) is 4.82. The lowest BCUT2D eigenvalue weighted by molar-refractivity contribution is -0.00863. The van der Waals surface area contributed by atoms with Gasteiger partial charge in [0.05, 0.1) is 13.2 Å². The fourth-order valence-corrected chi connectivity index (χ4v) is 3.08. The van der Waals surface area contributed by atoms with E-state index in [1.807, 2.05) is 0 Å². The van der Waals surface area contributed by atoms with Crippen LogP contribution in [0.15, 0.2) is 18.2 Å². The first-order chi connectivity index (χ1) is 11.5. The molecule has 0 atom stereocenters. The van der Waals surface area contributed by atoms with Crippen molar-refractivity contribution in [2.45, 2.75) is 38.1 Å². The third kappa shape index (κ3) is 4.24. The van der Waals surface area contributed by atoms with Crippen molar-refractivity contribution in [1.29, 1.82) is 0 Å². The van der Waals surface area contributed by atoms with Gasteiger partial charge in [-0.05, 0) is 50.3 Å². The second kappa shape index (κ2) is 7.07. The lowest BCUT2D eigenvalue weighted by Crippen LogP contribution is -2.55. The fraction of sp³-hybridized carbons (Fsp3) is 0.611. The summed E-state index contributed by atoms with van der Waals surface area (Å²) >= 11 is 0. The van der Waals surface area contributed by atoms with Gasteiger partial charge in [0.2, 0.25) is 0 Å². The molecule has 2 aliphatic rings. The number of hydrogen-bond acceptors (Lipinski definition) is 3. The molecule has 0 radical (unpaired) electrons. The first kappa shape index (κ1) is 17.2.